The molecule has 4 nitrogen and oxygen atoms in total. The molecule has 0 fully saturated rings. The standard InChI is InChI=1S/C17H17N3OS/c1-3-21-14-10-8-13(9-11-14)12-18-19-17-20(2)15-6-4-5-7-16(15)22-17/h4-12H,3H2,1-2H3/b18-12+,19-17+. The van der Waals surface area contributed by atoms with Gasteiger partial charge in [0, 0.05) is 7.05 Å². The number of hydrogen-bond donors (Lipinski definition) is 0. The highest BCUT2D eigenvalue weighted by Gasteiger charge is 2.00. The number of hydrogen-bond acceptors (Lipinski definition) is 4. The molecule has 112 valence electrons. The van der Waals surface area contributed by atoms with E-state index in [0.717, 1.165) is 16.1 Å². The van der Waals surface area contributed by atoms with Crippen molar-refractivity contribution in [3.05, 3.63) is 58.9 Å². The Morgan fingerprint density at radius 2 is 1.91 bits per heavy atom. The number of thiazole rings is 1. The van der Waals surface area contributed by atoms with Crippen LogP contribution in [-0.2, 0) is 7.05 Å². The smallest absolute Gasteiger partial charge is 0.211 e. The number of para-hydroxylation sites is 1. The molecule has 3 rings (SSSR count). The molecular weight excluding hydrogens is 294 g/mol. The minimum atomic E-state index is 0.672. The highest BCUT2D eigenvalue weighted by Crippen LogP contribution is 2.15. The van der Waals surface area contributed by atoms with E-state index >= 15 is 0 Å². The van der Waals surface area contributed by atoms with Gasteiger partial charge in [-0.25, -0.2) is 0 Å². The van der Waals surface area contributed by atoms with E-state index in [4.69, 9.17) is 4.74 Å². The van der Waals surface area contributed by atoms with Crippen LogP contribution < -0.4 is 9.54 Å². The second-order valence-electron chi connectivity index (χ2n) is 4.76. The zero-order chi connectivity index (χ0) is 15.4. The van der Waals surface area contributed by atoms with Crippen molar-refractivity contribution in [3.63, 3.8) is 0 Å². The van der Waals surface area contributed by atoms with Crippen LogP contribution in [0.3, 0.4) is 0 Å². The lowest BCUT2D eigenvalue weighted by Crippen LogP contribution is -2.08. The molecule has 1 aromatic heterocycles. The first kappa shape index (κ1) is 14.5. The number of benzene rings is 2. The maximum Gasteiger partial charge on any atom is 0.211 e. The van der Waals surface area contributed by atoms with Crippen molar-refractivity contribution in [1.82, 2.24) is 4.57 Å². The maximum absolute atomic E-state index is 5.41. The monoisotopic (exact) mass is 311 g/mol. The predicted octanol–water partition coefficient (Wildman–Crippen LogP) is 3.57. The van der Waals surface area contributed by atoms with Crippen molar-refractivity contribution in [2.24, 2.45) is 17.3 Å². The van der Waals surface area contributed by atoms with Gasteiger partial charge in [-0.15, -0.1) is 5.10 Å². The topological polar surface area (TPSA) is 38.9 Å². The molecule has 0 N–H and O–H groups in total. The van der Waals surface area contributed by atoms with Crippen LogP contribution in [0, 0.1) is 0 Å². The average molecular weight is 311 g/mol. The van der Waals surface area contributed by atoms with E-state index in [1.165, 1.54) is 10.2 Å². The first-order valence-electron chi connectivity index (χ1n) is 7.12. The van der Waals surface area contributed by atoms with Gasteiger partial charge >= 0.3 is 0 Å². The zero-order valence-electron chi connectivity index (χ0n) is 12.6. The molecule has 0 spiro atoms. The number of aromatic nitrogens is 1. The summed E-state index contributed by atoms with van der Waals surface area (Å²) in [7, 11) is 2.00. The van der Waals surface area contributed by atoms with E-state index in [0.29, 0.717) is 6.61 Å². The summed E-state index contributed by atoms with van der Waals surface area (Å²) in [5.41, 5.74) is 2.17. The third-order valence-electron chi connectivity index (χ3n) is 3.26. The molecule has 2 aromatic carbocycles. The van der Waals surface area contributed by atoms with Gasteiger partial charge in [0.05, 0.1) is 23.0 Å². The second kappa shape index (κ2) is 6.58. The molecule has 0 bridgehead atoms. The van der Waals surface area contributed by atoms with Crippen LogP contribution in [-0.4, -0.2) is 17.4 Å². The summed E-state index contributed by atoms with van der Waals surface area (Å²) in [4.78, 5) is 0.878. The molecule has 3 aromatic rings. The van der Waals surface area contributed by atoms with Crippen molar-refractivity contribution < 1.29 is 4.74 Å². The Balaban J connectivity index is 1.84. The summed E-state index contributed by atoms with van der Waals surface area (Å²) < 4.78 is 8.67. The fourth-order valence-electron chi connectivity index (χ4n) is 2.14. The lowest BCUT2D eigenvalue weighted by molar-refractivity contribution is 0.340. The quantitative estimate of drug-likeness (QED) is 0.536. The Morgan fingerprint density at radius 1 is 1.14 bits per heavy atom. The number of ether oxygens (including phenoxy) is 1. The Morgan fingerprint density at radius 3 is 2.64 bits per heavy atom. The summed E-state index contributed by atoms with van der Waals surface area (Å²) >= 11 is 1.63. The third-order valence-corrected chi connectivity index (χ3v) is 4.36. The van der Waals surface area contributed by atoms with E-state index in [-0.39, 0.29) is 0 Å². The summed E-state index contributed by atoms with van der Waals surface area (Å²) in [5.74, 6) is 0.868. The summed E-state index contributed by atoms with van der Waals surface area (Å²) in [6.07, 6.45) is 1.75. The first-order chi connectivity index (χ1) is 10.8. The van der Waals surface area contributed by atoms with Crippen molar-refractivity contribution in [2.75, 3.05) is 6.61 Å². The Bertz CT molecular complexity index is 859. The van der Waals surface area contributed by atoms with Gasteiger partial charge in [-0.3, -0.25) is 0 Å². The van der Waals surface area contributed by atoms with Gasteiger partial charge in [-0.05, 0) is 48.9 Å². The SMILES string of the molecule is CCOc1ccc(/C=N/N=c2/sc3ccccc3n2C)cc1. The number of nitrogens with zero attached hydrogens (tertiary/aromatic N) is 3. The third kappa shape index (κ3) is 3.09. The lowest BCUT2D eigenvalue weighted by Gasteiger charge is -2.01. The minimum Gasteiger partial charge on any atom is -0.494 e. The molecular formula is C17H17N3OS. The van der Waals surface area contributed by atoms with Gasteiger partial charge in [0.2, 0.25) is 4.80 Å². The van der Waals surface area contributed by atoms with Gasteiger partial charge in [-0.2, -0.15) is 5.10 Å². The molecule has 0 aliphatic carbocycles. The van der Waals surface area contributed by atoms with Crippen LogP contribution in [0.2, 0.25) is 0 Å². The molecule has 1 heterocycles. The molecule has 0 radical (unpaired) electrons. The molecule has 22 heavy (non-hydrogen) atoms. The highest BCUT2D eigenvalue weighted by atomic mass is 32.1. The highest BCUT2D eigenvalue weighted by molar-refractivity contribution is 7.16. The number of fused-ring (bicyclic) bond motifs is 1. The summed E-state index contributed by atoms with van der Waals surface area (Å²) in [6, 6.07) is 16.0. The number of aryl methyl sites for hydroxylation is 1. The van der Waals surface area contributed by atoms with Gasteiger partial charge in [-0.1, -0.05) is 23.5 Å². The van der Waals surface area contributed by atoms with Crippen LogP contribution in [0.5, 0.6) is 5.75 Å². The van der Waals surface area contributed by atoms with Crippen LogP contribution in [0.25, 0.3) is 10.2 Å². The minimum absolute atomic E-state index is 0.672. The second-order valence-corrected chi connectivity index (χ2v) is 5.77. The molecule has 0 saturated heterocycles. The van der Waals surface area contributed by atoms with Crippen molar-refractivity contribution in [2.45, 2.75) is 6.92 Å². The van der Waals surface area contributed by atoms with Crippen LogP contribution in [0.1, 0.15) is 12.5 Å². The van der Waals surface area contributed by atoms with Crippen molar-refractivity contribution in [3.8, 4) is 5.75 Å². The number of rotatable bonds is 4. The largest absolute Gasteiger partial charge is 0.494 e. The average Bonchev–Trinajstić information content (AvgIpc) is 2.86. The van der Waals surface area contributed by atoms with Gasteiger partial charge in [0.25, 0.3) is 0 Å². The van der Waals surface area contributed by atoms with Gasteiger partial charge < -0.3 is 9.30 Å². The molecule has 0 amide bonds. The van der Waals surface area contributed by atoms with Crippen molar-refractivity contribution >= 4 is 27.8 Å². The molecule has 0 aliphatic rings. The Kier molecular flexibility index (Phi) is 4.34. The van der Waals surface area contributed by atoms with E-state index in [1.54, 1.807) is 17.6 Å². The van der Waals surface area contributed by atoms with Crippen molar-refractivity contribution in [1.29, 1.82) is 0 Å². The molecule has 0 saturated carbocycles. The Labute approximate surface area is 133 Å². The fraction of sp³-hybridized carbons (Fsp3) is 0.176. The zero-order valence-corrected chi connectivity index (χ0v) is 13.4. The van der Waals surface area contributed by atoms with Crippen LogP contribution >= 0.6 is 11.3 Å². The van der Waals surface area contributed by atoms with E-state index < -0.39 is 0 Å². The molecule has 0 unspecified atom stereocenters. The van der Waals surface area contributed by atoms with E-state index in [1.807, 2.05) is 50.4 Å². The first-order valence-corrected chi connectivity index (χ1v) is 7.94. The summed E-state index contributed by atoms with van der Waals surface area (Å²) in [5, 5.41) is 8.51. The molecule has 0 aliphatic heterocycles. The fourth-order valence-corrected chi connectivity index (χ4v) is 3.12. The van der Waals surface area contributed by atoms with Gasteiger partial charge in [0.1, 0.15) is 5.75 Å². The molecule has 0 atom stereocenters. The maximum atomic E-state index is 5.41. The van der Waals surface area contributed by atoms with Crippen LogP contribution in [0.4, 0.5) is 0 Å². The summed E-state index contributed by atoms with van der Waals surface area (Å²) in [6.45, 7) is 2.64. The Hall–Kier alpha value is -2.40. The van der Waals surface area contributed by atoms with E-state index in [2.05, 4.69) is 26.9 Å². The van der Waals surface area contributed by atoms with Gasteiger partial charge in [0.15, 0.2) is 0 Å². The molecule has 5 heteroatoms. The van der Waals surface area contributed by atoms with Crippen LogP contribution in [0.15, 0.2) is 58.7 Å². The lowest BCUT2D eigenvalue weighted by atomic mass is 10.2. The normalized spacial score (nSPS) is 12.4. The van der Waals surface area contributed by atoms with E-state index in [9.17, 15) is 0 Å². The predicted molar refractivity (Wildman–Crippen MR) is 91.6 cm³/mol.